The molecule has 0 bridgehead atoms. The van der Waals surface area contributed by atoms with Gasteiger partial charge in [-0.3, -0.25) is 0 Å². The minimum atomic E-state index is -3.27. The molecule has 0 unspecified atom stereocenters. The Kier molecular flexibility index (Phi) is 6.72. The second-order valence-corrected chi connectivity index (χ2v) is 12.5. The molecule has 0 saturated carbocycles. The van der Waals surface area contributed by atoms with Gasteiger partial charge in [0.2, 0.25) is 10.0 Å². The summed E-state index contributed by atoms with van der Waals surface area (Å²) >= 11 is 1.40. The van der Waals surface area contributed by atoms with Gasteiger partial charge in [-0.15, -0.1) is 11.3 Å². The molecule has 4 aromatic rings. The van der Waals surface area contributed by atoms with Gasteiger partial charge in [-0.2, -0.15) is 4.31 Å². The van der Waals surface area contributed by atoms with Gasteiger partial charge >= 0.3 is 0 Å². The van der Waals surface area contributed by atoms with Crippen molar-refractivity contribution in [1.29, 1.82) is 0 Å². The number of ether oxygens (including phenoxy) is 1. The highest BCUT2D eigenvalue weighted by atomic mass is 32.2. The van der Waals surface area contributed by atoms with E-state index in [0.29, 0.717) is 59.6 Å². The summed E-state index contributed by atoms with van der Waals surface area (Å²) in [6, 6.07) is 10.7. The Bertz CT molecular complexity index is 1580. The zero-order valence-electron chi connectivity index (χ0n) is 20.9. The van der Waals surface area contributed by atoms with Crippen LogP contribution < -0.4 is 10.2 Å². The van der Waals surface area contributed by atoms with Crippen molar-refractivity contribution >= 4 is 48.9 Å². The van der Waals surface area contributed by atoms with Crippen molar-refractivity contribution in [1.82, 2.24) is 19.3 Å². The number of fused-ring (bicyclic) bond motifs is 1. The molecule has 3 aromatic heterocycles. The highest BCUT2D eigenvalue weighted by Gasteiger charge is 2.30. The number of rotatable bonds is 6. The Balaban J connectivity index is 1.30. The highest BCUT2D eigenvalue weighted by Crippen LogP contribution is 2.34. The minimum absolute atomic E-state index is 0.170. The molecule has 2 aliphatic rings. The number of aromatic nitrogens is 3. The third kappa shape index (κ3) is 4.96. The molecule has 2 saturated heterocycles. The Hall–Kier alpha value is -3.19. The van der Waals surface area contributed by atoms with E-state index in [9.17, 15) is 12.8 Å². The maximum atomic E-state index is 14.5. The van der Waals surface area contributed by atoms with Crippen LogP contribution in [0.15, 0.2) is 42.6 Å². The molecule has 0 atom stereocenters. The second kappa shape index (κ2) is 10.2. The highest BCUT2D eigenvalue weighted by molar-refractivity contribution is 7.89. The molecule has 0 spiro atoms. The van der Waals surface area contributed by atoms with Crippen LogP contribution in [0, 0.1) is 12.7 Å². The monoisotopic (exact) mass is 554 g/mol. The van der Waals surface area contributed by atoms with E-state index in [1.165, 1.54) is 21.7 Å². The average Bonchev–Trinajstić information content (AvgIpc) is 3.46. The molecule has 2 aliphatic heterocycles. The number of halogens is 1. The number of nitrogens with one attached hydrogen (secondary N) is 1. The molecule has 12 heteroatoms. The van der Waals surface area contributed by atoms with Crippen molar-refractivity contribution in [3.63, 3.8) is 0 Å². The molecular weight excluding hydrogens is 527 g/mol. The van der Waals surface area contributed by atoms with Crippen LogP contribution in [0.2, 0.25) is 0 Å². The summed E-state index contributed by atoms with van der Waals surface area (Å²) in [5.74, 6) is 0.975. The molecular formula is C26H27FN6O3S2. The maximum Gasteiger partial charge on any atom is 0.214 e. The molecule has 2 fully saturated rings. The van der Waals surface area contributed by atoms with E-state index in [0.717, 1.165) is 29.0 Å². The number of nitrogens with zero attached hydrogens (tertiary/aromatic N) is 5. The summed E-state index contributed by atoms with van der Waals surface area (Å²) < 4.78 is 47.4. The lowest BCUT2D eigenvalue weighted by Gasteiger charge is -2.31. The number of sulfonamides is 1. The number of thiazole rings is 1. The minimum Gasteiger partial charge on any atom is -0.378 e. The Labute approximate surface area is 224 Å². The van der Waals surface area contributed by atoms with Gasteiger partial charge < -0.3 is 15.0 Å². The molecule has 0 aliphatic carbocycles. The van der Waals surface area contributed by atoms with Gasteiger partial charge in [0.25, 0.3) is 0 Å². The number of benzene rings is 1. The van der Waals surface area contributed by atoms with Crippen molar-refractivity contribution < 1.29 is 17.5 Å². The smallest absolute Gasteiger partial charge is 0.214 e. The first-order valence-corrected chi connectivity index (χ1v) is 14.9. The molecule has 198 valence electrons. The van der Waals surface area contributed by atoms with Crippen molar-refractivity contribution in [2.75, 3.05) is 48.8 Å². The fourth-order valence-corrected chi connectivity index (χ4v) is 7.36. The number of hydrogen-bond donors (Lipinski definition) is 1. The Morgan fingerprint density at radius 3 is 2.71 bits per heavy atom. The number of aryl methyl sites for hydroxylation is 1. The van der Waals surface area contributed by atoms with E-state index in [2.05, 4.69) is 20.2 Å². The lowest BCUT2D eigenvalue weighted by atomic mass is 10.1. The van der Waals surface area contributed by atoms with Crippen LogP contribution in [0.25, 0.3) is 20.8 Å². The summed E-state index contributed by atoms with van der Waals surface area (Å²) in [6.07, 6.45) is 2.34. The summed E-state index contributed by atoms with van der Waals surface area (Å²) in [5.41, 5.74) is 3.64. The average molecular weight is 555 g/mol. The normalized spacial score (nSPS) is 17.8. The molecule has 6 rings (SSSR count). The first-order chi connectivity index (χ1) is 18.4. The summed E-state index contributed by atoms with van der Waals surface area (Å²) in [5, 5.41) is 3.85. The van der Waals surface area contributed by atoms with Crippen LogP contribution in [0.3, 0.4) is 0 Å². The summed E-state index contributed by atoms with van der Waals surface area (Å²) in [6.45, 7) is 5.26. The molecule has 1 aromatic carbocycles. The lowest BCUT2D eigenvalue weighted by Crippen LogP contribution is -2.37. The Morgan fingerprint density at radius 2 is 1.95 bits per heavy atom. The summed E-state index contributed by atoms with van der Waals surface area (Å²) in [7, 11) is -3.27. The first-order valence-electron chi connectivity index (χ1n) is 12.5. The van der Waals surface area contributed by atoms with Gasteiger partial charge in [-0.1, -0.05) is 12.1 Å². The van der Waals surface area contributed by atoms with Crippen molar-refractivity contribution in [2.24, 2.45) is 0 Å². The van der Waals surface area contributed by atoms with E-state index in [1.54, 1.807) is 12.3 Å². The van der Waals surface area contributed by atoms with Gasteiger partial charge in [-0.25, -0.2) is 27.8 Å². The molecule has 9 nitrogen and oxygen atoms in total. The topological polar surface area (TPSA) is 101 Å². The van der Waals surface area contributed by atoms with Gasteiger partial charge in [0, 0.05) is 37.5 Å². The molecule has 5 heterocycles. The first kappa shape index (κ1) is 25.1. The van der Waals surface area contributed by atoms with E-state index in [1.807, 2.05) is 31.2 Å². The lowest BCUT2D eigenvalue weighted by molar-refractivity contribution is 0.122. The summed E-state index contributed by atoms with van der Waals surface area (Å²) in [4.78, 5) is 16.2. The predicted octanol–water partition coefficient (Wildman–Crippen LogP) is 4.32. The van der Waals surface area contributed by atoms with E-state index in [4.69, 9.17) is 9.72 Å². The van der Waals surface area contributed by atoms with Gasteiger partial charge in [0.15, 0.2) is 0 Å². The quantitative estimate of drug-likeness (QED) is 0.376. The van der Waals surface area contributed by atoms with Crippen LogP contribution in [-0.2, 0) is 21.3 Å². The number of hydrogen-bond acceptors (Lipinski definition) is 9. The third-order valence-corrected chi connectivity index (χ3v) is 9.72. The fraction of sp³-hybridized carbons (Fsp3) is 0.346. The van der Waals surface area contributed by atoms with E-state index < -0.39 is 10.0 Å². The Morgan fingerprint density at radius 1 is 1.11 bits per heavy atom. The maximum absolute atomic E-state index is 14.5. The molecule has 38 heavy (non-hydrogen) atoms. The van der Waals surface area contributed by atoms with Crippen LogP contribution in [0.5, 0.6) is 0 Å². The third-order valence-electron chi connectivity index (χ3n) is 6.80. The van der Waals surface area contributed by atoms with Crippen molar-refractivity contribution in [3.05, 3.63) is 59.7 Å². The molecule has 1 N–H and O–H groups in total. The number of anilines is 3. The van der Waals surface area contributed by atoms with Crippen LogP contribution >= 0.6 is 11.3 Å². The van der Waals surface area contributed by atoms with E-state index >= 15 is 0 Å². The van der Waals surface area contributed by atoms with Crippen LogP contribution in [0.1, 0.15) is 17.7 Å². The number of pyridine rings is 2. The zero-order valence-corrected chi connectivity index (χ0v) is 22.5. The molecule has 0 radical (unpaired) electrons. The predicted molar refractivity (Wildman–Crippen MR) is 147 cm³/mol. The van der Waals surface area contributed by atoms with E-state index in [-0.39, 0.29) is 18.1 Å². The van der Waals surface area contributed by atoms with Crippen LogP contribution in [-0.4, -0.2) is 66.3 Å². The molecule has 0 amide bonds. The van der Waals surface area contributed by atoms with Gasteiger partial charge in [0.1, 0.15) is 22.5 Å². The van der Waals surface area contributed by atoms with Crippen molar-refractivity contribution in [3.8, 4) is 10.6 Å². The zero-order chi connectivity index (χ0) is 26.3. The SMILES string of the molecule is Cc1cccc(F)c1-c1nc2cc(Nc3ccc(N4CCOCC4)c(CN4CCCS4(=O)=O)n3)ncc2s1. The largest absolute Gasteiger partial charge is 0.378 e. The van der Waals surface area contributed by atoms with Gasteiger partial charge in [0.05, 0.1) is 47.1 Å². The number of morpholine rings is 1. The van der Waals surface area contributed by atoms with Crippen molar-refractivity contribution in [2.45, 2.75) is 19.9 Å². The standard InChI is InChI=1S/C26H27FN6O3S2/c1-17-4-2-5-18(27)25(17)26-30-19-14-24(28-15-22(19)37-26)31-23-7-6-21(32-9-11-36-12-10-32)20(29-23)16-33-8-3-13-38(33,34)35/h2,4-7,14-15H,3,8-13,16H2,1H3,(H,28,29,31). The second-order valence-electron chi connectivity index (χ2n) is 9.38. The van der Waals surface area contributed by atoms with Gasteiger partial charge in [-0.05, 0) is 37.1 Å². The fourth-order valence-electron chi connectivity index (χ4n) is 4.85. The van der Waals surface area contributed by atoms with Crippen LogP contribution in [0.4, 0.5) is 21.7 Å².